The molecular formula is C37H26Cl2N2O3. The van der Waals surface area contributed by atoms with E-state index >= 15 is 0 Å². The van der Waals surface area contributed by atoms with Gasteiger partial charge in [-0.3, -0.25) is 19.3 Å². The molecule has 3 atom stereocenters. The lowest BCUT2D eigenvalue weighted by Crippen LogP contribution is -2.57. The predicted octanol–water partition coefficient (Wildman–Crippen LogP) is 6.98. The van der Waals surface area contributed by atoms with E-state index < -0.39 is 45.3 Å². The number of imide groups is 1. The summed E-state index contributed by atoms with van der Waals surface area (Å²) in [5, 5.41) is 4.87. The summed E-state index contributed by atoms with van der Waals surface area (Å²) in [6.07, 6.45) is 0.138. The molecule has 0 radical (unpaired) electrons. The van der Waals surface area contributed by atoms with Gasteiger partial charge in [0.15, 0.2) is 0 Å². The lowest BCUT2D eigenvalue weighted by molar-refractivity contribution is -0.146. The van der Waals surface area contributed by atoms with Gasteiger partial charge in [0.25, 0.3) is 0 Å². The number of rotatable bonds is 5. The number of halogens is 2. The first-order valence-electron chi connectivity index (χ1n) is 14.6. The molecule has 1 heterocycles. The monoisotopic (exact) mass is 616 g/mol. The average Bonchev–Trinajstić information content (AvgIpc) is 3.33. The number of nitrogens with one attached hydrogen (secondary N) is 1. The molecule has 3 amide bonds. The van der Waals surface area contributed by atoms with Gasteiger partial charge < -0.3 is 5.32 Å². The second-order valence-corrected chi connectivity index (χ2v) is 12.9. The minimum atomic E-state index is -1.32. The molecular weight excluding hydrogens is 591 g/mol. The van der Waals surface area contributed by atoms with Gasteiger partial charge in [0.2, 0.25) is 17.7 Å². The van der Waals surface area contributed by atoms with Crippen LogP contribution in [-0.2, 0) is 30.6 Å². The Labute approximate surface area is 264 Å². The number of benzene rings is 5. The molecule has 1 aliphatic heterocycles. The zero-order valence-electron chi connectivity index (χ0n) is 23.4. The molecule has 5 aromatic rings. The number of anilines is 1. The van der Waals surface area contributed by atoms with Gasteiger partial charge in [-0.1, -0.05) is 115 Å². The molecule has 9 rings (SSSR count). The Hall–Kier alpha value is -4.45. The minimum Gasteiger partial charge on any atom is -0.324 e. The maximum absolute atomic E-state index is 14.7. The molecule has 1 N–H and O–H groups in total. The topological polar surface area (TPSA) is 66.5 Å². The van der Waals surface area contributed by atoms with Crippen molar-refractivity contribution in [3.05, 3.63) is 149 Å². The maximum Gasteiger partial charge on any atom is 0.248 e. The molecule has 0 aromatic heterocycles. The van der Waals surface area contributed by atoms with Crippen LogP contribution < -0.4 is 5.32 Å². The normalized spacial score (nSPS) is 25.4. The maximum atomic E-state index is 14.7. The van der Waals surface area contributed by atoms with Gasteiger partial charge in [-0.15, -0.1) is 23.2 Å². The first kappa shape index (κ1) is 27.1. The van der Waals surface area contributed by atoms with Crippen molar-refractivity contribution >= 4 is 57.4 Å². The van der Waals surface area contributed by atoms with Gasteiger partial charge in [-0.2, -0.15) is 0 Å². The standard InChI is InChI=1S/C37H26Cl2N2O3/c38-36-25-16-6-7-17-26(25)37(39,28-19-9-8-18-27(28)36)32-31(36)34(43)41(35(32)44)30(21-22-11-2-1-3-12-22)33(42)40-29-20-10-14-23-13-4-5-15-24(23)29/h1-20,30-32H,21H2,(H,40,42)/t30-,31-,32+,36?,37?/m1/s1. The highest BCUT2D eigenvalue weighted by Crippen LogP contribution is 2.69. The largest absolute Gasteiger partial charge is 0.324 e. The van der Waals surface area contributed by atoms with Crippen LogP contribution in [0.4, 0.5) is 5.69 Å². The van der Waals surface area contributed by atoms with Crippen molar-refractivity contribution in [3.63, 3.8) is 0 Å². The summed E-state index contributed by atoms with van der Waals surface area (Å²) in [6, 6.07) is 36.7. The van der Waals surface area contributed by atoms with Crippen molar-refractivity contribution in [2.24, 2.45) is 11.8 Å². The number of hydrogen-bond donors (Lipinski definition) is 1. The molecule has 0 unspecified atom stereocenters. The number of fused-ring (bicyclic) bond motifs is 1. The molecule has 0 spiro atoms. The van der Waals surface area contributed by atoms with E-state index in [1.54, 1.807) is 0 Å². The summed E-state index contributed by atoms with van der Waals surface area (Å²) in [4.78, 5) is 42.2. The quantitative estimate of drug-likeness (QED) is 0.171. The number of likely N-dealkylation sites (tertiary alicyclic amines) is 1. The second-order valence-electron chi connectivity index (χ2n) is 11.7. The third-order valence-electron chi connectivity index (χ3n) is 9.55. The number of alkyl halides is 2. The lowest BCUT2D eigenvalue weighted by atomic mass is 9.54. The molecule has 1 fully saturated rings. The lowest BCUT2D eigenvalue weighted by Gasteiger charge is -2.54. The van der Waals surface area contributed by atoms with Gasteiger partial charge in [-0.05, 0) is 39.3 Å². The van der Waals surface area contributed by atoms with Crippen LogP contribution in [0.1, 0.15) is 27.8 Å². The van der Waals surface area contributed by atoms with Gasteiger partial charge >= 0.3 is 0 Å². The Morgan fingerprint density at radius 1 is 0.659 bits per heavy atom. The van der Waals surface area contributed by atoms with E-state index in [2.05, 4.69) is 5.32 Å². The van der Waals surface area contributed by atoms with Crippen molar-refractivity contribution in [3.8, 4) is 0 Å². The highest BCUT2D eigenvalue weighted by Gasteiger charge is 2.73. The summed E-state index contributed by atoms with van der Waals surface area (Å²) in [6.45, 7) is 0. The van der Waals surface area contributed by atoms with Gasteiger partial charge in [0.1, 0.15) is 15.8 Å². The molecule has 0 saturated carbocycles. The van der Waals surface area contributed by atoms with E-state index in [-0.39, 0.29) is 6.42 Å². The van der Waals surface area contributed by atoms with Crippen molar-refractivity contribution in [2.45, 2.75) is 22.2 Å². The van der Waals surface area contributed by atoms with Crippen molar-refractivity contribution in [1.82, 2.24) is 4.90 Å². The van der Waals surface area contributed by atoms with Crippen molar-refractivity contribution in [2.75, 3.05) is 5.32 Å². The van der Waals surface area contributed by atoms with E-state index in [0.717, 1.165) is 43.5 Å². The molecule has 5 nitrogen and oxygen atoms in total. The van der Waals surface area contributed by atoms with Crippen LogP contribution in [-0.4, -0.2) is 28.7 Å². The van der Waals surface area contributed by atoms with E-state index in [1.165, 1.54) is 0 Å². The first-order chi connectivity index (χ1) is 21.3. The highest BCUT2D eigenvalue weighted by molar-refractivity contribution is 6.36. The zero-order valence-corrected chi connectivity index (χ0v) is 24.9. The molecule has 5 aromatic carbocycles. The number of carbonyl (C=O) groups excluding carboxylic acids is 3. The number of carbonyl (C=O) groups is 3. The Balaban J connectivity index is 1.26. The average molecular weight is 618 g/mol. The van der Waals surface area contributed by atoms with E-state index in [0.29, 0.717) is 5.69 Å². The summed E-state index contributed by atoms with van der Waals surface area (Å²) in [7, 11) is 0. The van der Waals surface area contributed by atoms with Gasteiger partial charge in [-0.25, -0.2) is 0 Å². The van der Waals surface area contributed by atoms with Crippen LogP contribution in [0, 0.1) is 11.8 Å². The predicted molar refractivity (Wildman–Crippen MR) is 171 cm³/mol. The van der Waals surface area contributed by atoms with Gasteiger partial charge in [0.05, 0.1) is 11.8 Å². The second kappa shape index (κ2) is 9.78. The zero-order chi connectivity index (χ0) is 30.2. The van der Waals surface area contributed by atoms with Crippen LogP contribution in [0.3, 0.4) is 0 Å². The first-order valence-corrected chi connectivity index (χ1v) is 15.4. The fourth-order valence-electron chi connectivity index (χ4n) is 7.68. The SMILES string of the molecule is O=C(Nc1cccc2ccccc12)[C@@H](Cc1ccccc1)N1C(=O)[C@@H]2[C@H](C1=O)C1(Cl)c3ccccc3C2(Cl)c2ccccc21. The third kappa shape index (κ3) is 3.57. The summed E-state index contributed by atoms with van der Waals surface area (Å²) in [5.41, 5.74) is 4.31. The molecule has 1 saturated heterocycles. The van der Waals surface area contributed by atoms with Gasteiger partial charge in [0, 0.05) is 17.5 Å². The van der Waals surface area contributed by atoms with Crippen LogP contribution in [0.25, 0.3) is 10.8 Å². The molecule has 216 valence electrons. The molecule has 3 aliphatic carbocycles. The Morgan fingerprint density at radius 3 is 1.70 bits per heavy atom. The fourth-order valence-corrected chi connectivity index (χ4v) is 8.78. The summed E-state index contributed by atoms with van der Waals surface area (Å²) < 4.78 is 0. The smallest absolute Gasteiger partial charge is 0.248 e. The Morgan fingerprint density at radius 2 is 1.14 bits per heavy atom. The van der Waals surface area contributed by atoms with Crippen molar-refractivity contribution < 1.29 is 14.4 Å². The Bertz CT molecular complexity index is 1880. The van der Waals surface area contributed by atoms with E-state index in [9.17, 15) is 14.4 Å². The molecule has 44 heavy (non-hydrogen) atoms. The van der Waals surface area contributed by atoms with E-state index in [4.69, 9.17) is 23.2 Å². The minimum absolute atomic E-state index is 0.138. The summed E-state index contributed by atoms with van der Waals surface area (Å²) >= 11 is 15.3. The van der Waals surface area contributed by atoms with Crippen LogP contribution in [0.2, 0.25) is 0 Å². The number of amides is 3. The highest BCUT2D eigenvalue weighted by atomic mass is 35.5. The van der Waals surface area contributed by atoms with Crippen LogP contribution in [0.5, 0.6) is 0 Å². The Kier molecular flexibility index (Phi) is 6.03. The summed E-state index contributed by atoms with van der Waals surface area (Å²) in [5.74, 6) is -3.40. The van der Waals surface area contributed by atoms with Crippen LogP contribution in [0.15, 0.2) is 121 Å². The third-order valence-corrected chi connectivity index (χ3v) is 10.8. The number of hydrogen-bond acceptors (Lipinski definition) is 3. The van der Waals surface area contributed by atoms with Crippen molar-refractivity contribution in [1.29, 1.82) is 0 Å². The molecule has 4 aliphatic rings. The van der Waals surface area contributed by atoms with E-state index in [1.807, 2.05) is 121 Å². The number of nitrogens with zero attached hydrogens (tertiary/aromatic N) is 1. The fraction of sp³-hybridized carbons (Fsp3) is 0.162. The molecule has 7 heteroatoms. The molecule has 2 bridgehead atoms. The van der Waals surface area contributed by atoms with Crippen LogP contribution >= 0.6 is 23.2 Å².